The highest BCUT2D eigenvalue weighted by Gasteiger charge is 2.22. The predicted molar refractivity (Wildman–Crippen MR) is 128 cm³/mol. The molecule has 0 aliphatic carbocycles. The number of piperidine rings is 2. The Balaban J connectivity index is 0.00000280. The molecule has 158 valence electrons. The Morgan fingerprint density at radius 1 is 1.07 bits per heavy atom. The van der Waals surface area contributed by atoms with E-state index in [4.69, 9.17) is 4.74 Å². The van der Waals surface area contributed by atoms with E-state index < -0.39 is 0 Å². The molecule has 5 nitrogen and oxygen atoms in total. The third kappa shape index (κ3) is 7.43. The fourth-order valence-corrected chi connectivity index (χ4v) is 4.00. The SMILES string of the molecule is CN=C(NCCCN1CCC(C)CC1)N1CCC(Oc2ccccc2)CC1.I. The van der Waals surface area contributed by atoms with Gasteiger partial charge in [0.1, 0.15) is 11.9 Å². The Hall–Kier alpha value is -1.02. The van der Waals surface area contributed by atoms with Crippen molar-refractivity contribution < 1.29 is 4.74 Å². The van der Waals surface area contributed by atoms with E-state index in [2.05, 4.69) is 27.0 Å². The zero-order valence-electron chi connectivity index (χ0n) is 17.5. The molecule has 2 saturated heterocycles. The number of para-hydroxylation sites is 1. The molecule has 0 spiro atoms. The Kier molecular flexibility index (Phi) is 10.4. The number of hydrogen-bond acceptors (Lipinski definition) is 3. The van der Waals surface area contributed by atoms with Crippen molar-refractivity contribution in [3.63, 3.8) is 0 Å². The van der Waals surface area contributed by atoms with Crippen LogP contribution in [0.3, 0.4) is 0 Å². The van der Waals surface area contributed by atoms with Crippen LogP contribution in [0.4, 0.5) is 0 Å². The van der Waals surface area contributed by atoms with Gasteiger partial charge in [-0.1, -0.05) is 25.1 Å². The summed E-state index contributed by atoms with van der Waals surface area (Å²) in [6, 6.07) is 10.2. The summed E-state index contributed by atoms with van der Waals surface area (Å²) in [7, 11) is 1.89. The largest absolute Gasteiger partial charge is 0.490 e. The second-order valence-electron chi connectivity index (χ2n) is 7.97. The van der Waals surface area contributed by atoms with Crippen molar-refractivity contribution in [2.24, 2.45) is 10.9 Å². The van der Waals surface area contributed by atoms with Crippen molar-refractivity contribution in [3.8, 4) is 5.75 Å². The maximum absolute atomic E-state index is 6.10. The summed E-state index contributed by atoms with van der Waals surface area (Å²) in [4.78, 5) is 9.47. The van der Waals surface area contributed by atoms with Crippen LogP contribution in [-0.2, 0) is 0 Å². The minimum Gasteiger partial charge on any atom is -0.490 e. The van der Waals surface area contributed by atoms with Gasteiger partial charge in [0.2, 0.25) is 0 Å². The van der Waals surface area contributed by atoms with Gasteiger partial charge in [0.25, 0.3) is 0 Å². The van der Waals surface area contributed by atoms with Gasteiger partial charge in [0.15, 0.2) is 5.96 Å². The number of rotatable bonds is 6. The number of likely N-dealkylation sites (tertiary alicyclic amines) is 2. The van der Waals surface area contributed by atoms with Crippen LogP contribution in [0.1, 0.15) is 39.0 Å². The van der Waals surface area contributed by atoms with Crippen molar-refractivity contribution in [3.05, 3.63) is 30.3 Å². The molecule has 1 N–H and O–H groups in total. The van der Waals surface area contributed by atoms with Crippen LogP contribution in [0.15, 0.2) is 35.3 Å². The minimum atomic E-state index is 0. The van der Waals surface area contributed by atoms with E-state index in [1.54, 1.807) is 0 Å². The third-order valence-corrected chi connectivity index (χ3v) is 5.81. The zero-order valence-corrected chi connectivity index (χ0v) is 19.8. The van der Waals surface area contributed by atoms with Crippen molar-refractivity contribution in [2.75, 3.05) is 46.3 Å². The summed E-state index contributed by atoms with van der Waals surface area (Å²) in [6.07, 6.45) is 6.29. The summed E-state index contributed by atoms with van der Waals surface area (Å²) in [5.41, 5.74) is 0. The molecular formula is C22H37IN4O. The highest BCUT2D eigenvalue weighted by atomic mass is 127. The Morgan fingerprint density at radius 3 is 2.39 bits per heavy atom. The van der Waals surface area contributed by atoms with E-state index in [0.717, 1.165) is 50.1 Å². The van der Waals surface area contributed by atoms with Gasteiger partial charge in [-0.3, -0.25) is 4.99 Å². The molecule has 1 aromatic carbocycles. The number of aliphatic imine (C=N–C) groups is 1. The van der Waals surface area contributed by atoms with Gasteiger partial charge in [-0.05, 0) is 56.9 Å². The second kappa shape index (κ2) is 12.5. The zero-order chi connectivity index (χ0) is 18.9. The molecule has 0 unspecified atom stereocenters. The number of nitrogens with zero attached hydrogens (tertiary/aromatic N) is 3. The maximum atomic E-state index is 6.10. The summed E-state index contributed by atoms with van der Waals surface area (Å²) in [5, 5.41) is 3.56. The molecule has 1 aromatic rings. The normalized spacial score (nSPS) is 19.9. The lowest BCUT2D eigenvalue weighted by Crippen LogP contribution is -2.48. The molecule has 0 atom stereocenters. The highest BCUT2D eigenvalue weighted by molar-refractivity contribution is 14.0. The van der Waals surface area contributed by atoms with Crippen molar-refractivity contribution in [1.82, 2.24) is 15.1 Å². The highest BCUT2D eigenvalue weighted by Crippen LogP contribution is 2.19. The number of hydrogen-bond donors (Lipinski definition) is 1. The quantitative estimate of drug-likeness (QED) is 0.279. The number of benzene rings is 1. The monoisotopic (exact) mass is 500 g/mol. The van der Waals surface area contributed by atoms with Crippen LogP contribution in [0.5, 0.6) is 5.75 Å². The van der Waals surface area contributed by atoms with Crippen molar-refractivity contribution in [1.29, 1.82) is 0 Å². The Labute approximate surface area is 187 Å². The van der Waals surface area contributed by atoms with Gasteiger partial charge in [-0.15, -0.1) is 24.0 Å². The fraction of sp³-hybridized carbons (Fsp3) is 0.682. The molecule has 0 radical (unpaired) electrons. The Bertz CT molecular complexity index is 567. The smallest absolute Gasteiger partial charge is 0.193 e. The molecule has 2 aliphatic heterocycles. The first-order chi connectivity index (χ1) is 13.2. The summed E-state index contributed by atoms with van der Waals surface area (Å²) >= 11 is 0. The first kappa shape index (κ1) is 23.3. The number of halogens is 1. The van der Waals surface area contributed by atoms with Crippen LogP contribution >= 0.6 is 24.0 Å². The van der Waals surface area contributed by atoms with Gasteiger partial charge in [0.05, 0.1) is 0 Å². The first-order valence-electron chi connectivity index (χ1n) is 10.6. The van der Waals surface area contributed by atoms with Crippen molar-refractivity contribution in [2.45, 2.75) is 45.1 Å². The molecule has 28 heavy (non-hydrogen) atoms. The van der Waals surface area contributed by atoms with Gasteiger partial charge in [-0.2, -0.15) is 0 Å². The molecule has 2 aliphatic rings. The summed E-state index contributed by atoms with van der Waals surface area (Å²) < 4.78 is 6.10. The molecule has 0 saturated carbocycles. The summed E-state index contributed by atoms with van der Waals surface area (Å²) in [5.74, 6) is 2.93. The van der Waals surface area contributed by atoms with E-state index in [9.17, 15) is 0 Å². The lowest BCUT2D eigenvalue weighted by molar-refractivity contribution is 0.129. The Morgan fingerprint density at radius 2 is 1.75 bits per heavy atom. The molecule has 0 amide bonds. The lowest BCUT2D eigenvalue weighted by atomic mass is 9.99. The standard InChI is InChI=1S/C22H36N4O.HI/c1-19-9-15-25(16-10-19)14-6-13-24-22(23-2)26-17-11-21(12-18-26)27-20-7-4-3-5-8-20;/h3-5,7-8,19,21H,6,9-18H2,1-2H3,(H,23,24);1H. The predicted octanol–water partition coefficient (Wildman–Crippen LogP) is 3.85. The van der Waals surface area contributed by atoms with Gasteiger partial charge in [0, 0.05) is 39.5 Å². The number of guanidine groups is 1. The van der Waals surface area contributed by atoms with Gasteiger partial charge >= 0.3 is 0 Å². The van der Waals surface area contributed by atoms with E-state index >= 15 is 0 Å². The van der Waals surface area contributed by atoms with E-state index in [1.807, 2.05) is 37.4 Å². The maximum Gasteiger partial charge on any atom is 0.193 e. The van der Waals surface area contributed by atoms with Gasteiger partial charge < -0.3 is 19.9 Å². The lowest BCUT2D eigenvalue weighted by Gasteiger charge is -2.34. The van der Waals surface area contributed by atoms with Crippen LogP contribution in [0, 0.1) is 5.92 Å². The van der Waals surface area contributed by atoms with Crippen LogP contribution < -0.4 is 10.1 Å². The average molecular weight is 500 g/mol. The molecular weight excluding hydrogens is 463 g/mol. The first-order valence-corrected chi connectivity index (χ1v) is 10.6. The van der Waals surface area contributed by atoms with E-state index in [0.29, 0.717) is 6.10 Å². The van der Waals surface area contributed by atoms with Crippen LogP contribution in [0.2, 0.25) is 0 Å². The summed E-state index contributed by atoms with van der Waals surface area (Å²) in [6.45, 7) is 9.11. The molecule has 3 rings (SSSR count). The molecule has 6 heteroatoms. The molecule has 0 aromatic heterocycles. The number of ether oxygens (including phenoxy) is 1. The van der Waals surface area contributed by atoms with Crippen LogP contribution in [0.25, 0.3) is 0 Å². The third-order valence-electron chi connectivity index (χ3n) is 5.81. The minimum absolute atomic E-state index is 0. The van der Waals surface area contributed by atoms with E-state index in [1.165, 1.54) is 38.9 Å². The van der Waals surface area contributed by atoms with E-state index in [-0.39, 0.29) is 24.0 Å². The van der Waals surface area contributed by atoms with Crippen molar-refractivity contribution >= 4 is 29.9 Å². The topological polar surface area (TPSA) is 40.1 Å². The van der Waals surface area contributed by atoms with Gasteiger partial charge in [-0.25, -0.2) is 0 Å². The second-order valence-corrected chi connectivity index (χ2v) is 7.97. The average Bonchev–Trinajstić information content (AvgIpc) is 2.71. The molecule has 0 bridgehead atoms. The van der Waals surface area contributed by atoms with Crippen LogP contribution in [-0.4, -0.2) is 68.2 Å². The number of nitrogens with one attached hydrogen (secondary N) is 1. The molecule has 2 fully saturated rings. The fourth-order valence-electron chi connectivity index (χ4n) is 4.00. The molecule has 2 heterocycles.